The molecule has 1 aromatic heterocycles. The van der Waals surface area contributed by atoms with Gasteiger partial charge in [0.1, 0.15) is 0 Å². The molecule has 6 nitrogen and oxygen atoms in total. The highest BCUT2D eigenvalue weighted by Crippen LogP contribution is 2.25. The van der Waals surface area contributed by atoms with Crippen LogP contribution in [0.25, 0.3) is 0 Å². The number of piperidine rings is 1. The maximum atomic E-state index is 12.7. The highest BCUT2D eigenvalue weighted by Gasteiger charge is 2.25. The largest absolute Gasteiger partial charge is 0.371 e. The Morgan fingerprint density at radius 1 is 1.23 bits per heavy atom. The monoisotopic (exact) mass is 348 g/mol. The average molecular weight is 348 g/mol. The lowest BCUT2D eigenvalue weighted by molar-refractivity contribution is -0.122. The summed E-state index contributed by atoms with van der Waals surface area (Å²) in [4.78, 5) is 30.3. The molecule has 3 rings (SSSR count). The molecule has 6 heteroatoms. The molecule has 2 aromatic rings. The van der Waals surface area contributed by atoms with Gasteiger partial charge in [0.05, 0.1) is 17.7 Å². The van der Waals surface area contributed by atoms with E-state index in [1.54, 1.807) is 36.5 Å². The lowest BCUT2D eigenvalue weighted by Crippen LogP contribution is -2.41. The van der Waals surface area contributed by atoms with Crippen molar-refractivity contribution >= 4 is 17.4 Å². The van der Waals surface area contributed by atoms with Gasteiger partial charge in [0, 0.05) is 30.5 Å². The van der Waals surface area contributed by atoms with Crippen LogP contribution >= 0.6 is 0 Å². The smallest absolute Gasteiger partial charge is 0.222 e. The summed E-state index contributed by atoms with van der Waals surface area (Å²) in [5.74, 6) is -1.60. The zero-order chi connectivity index (χ0) is 18.5. The molecule has 0 unspecified atom stereocenters. The van der Waals surface area contributed by atoms with E-state index in [0.29, 0.717) is 17.8 Å². The van der Waals surface area contributed by atoms with Crippen LogP contribution in [0.2, 0.25) is 0 Å². The molecule has 132 valence electrons. The Morgan fingerprint density at radius 3 is 2.62 bits per heavy atom. The predicted molar refractivity (Wildman–Crippen MR) is 97.5 cm³/mol. The van der Waals surface area contributed by atoms with Gasteiger partial charge in [-0.05, 0) is 49.2 Å². The van der Waals surface area contributed by atoms with Gasteiger partial charge in [0.2, 0.25) is 5.91 Å². The third-order valence-electron chi connectivity index (χ3n) is 4.72. The number of carbonyl (C=O) groups is 2. The Balaban J connectivity index is 1.76. The van der Waals surface area contributed by atoms with Gasteiger partial charge >= 0.3 is 0 Å². The molecule has 1 aromatic carbocycles. The molecule has 1 fully saturated rings. The van der Waals surface area contributed by atoms with Gasteiger partial charge in [-0.3, -0.25) is 14.6 Å². The van der Waals surface area contributed by atoms with Crippen molar-refractivity contribution in [1.82, 2.24) is 4.98 Å². The maximum absolute atomic E-state index is 12.7. The highest BCUT2D eigenvalue weighted by atomic mass is 16.1. The van der Waals surface area contributed by atoms with Gasteiger partial charge in [-0.25, -0.2) is 0 Å². The topological polar surface area (TPSA) is 100 Å². The molecule has 0 bridgehead atoms. The van der Waals surface area contributed by atoms with Gasteiger partial charge in [0.25, 0.3) is 0 Å². The number of pyridine rings is 1. The molecule has 26 heavy (non-hydrogen) atoms. The number of anilines is 1. The number of nitrogens with zero attached hydrogens (tertiary/aromatic N) is 3. The second-order valence-corrected chi connectivity index (χ2v) is 6.42. The molecule has 1 aliphatic rings. The van der Waals surface area contributed by atoms with Gasteiger partial charge in [-0.1, -0.05) is 6.07 Å². The number of hydrogen-bond donors (Lipinski definition) is 1. The minimum Gasteiger partial charge on any atom is -0.371 e. The van der Waals surface area contributed by atoms with Crippen molar-refractivity contribution in [2.75, 3.05) is 18.0 Å². The van der Waals surface area contributed by atoms with E-state index in [9.17, 15) is 14.9 Å². The first-order chi connectivity index (χ1) is 12.6. The second kappa shape index (κ2) is 7.79. The fourth-order valence-corrected chi connectivity index (χ4v) is 3.25. The van der Waals surface area contributed by atoms with Gasteiger partial charge in [-0.2, -0.15) is 5.26 Å². The molecule has 2 N–H and O–H groups in total. The number of benzene rings is 1. The summed E-state index contributed by atoms with van der Waals surface area (Å²) in [6, 6.07) is 14.4. The molecule has 0 radical (unpaired) electrons. The first kappa shape index (κ1) is 17.6. The third-order valence-corrected chi connectivity index (χ3v) is 4.72. The van der Waals surface area contributed by atoms with Crippen LogP contribution in [-0.2, 0) is 4.79 Å². The number of nitrogens with two attached hydrogens (primary N) is 1. The van der Waals surface area contributed by atoms with Crippen molar-refractivity contribution in [2.24, 2.45) is 11.7 Å². The number of rotatable bonds is 5. The van der Waals surface area contributed by atoms with E-state index in [4.69, 9.17) is 5.73 Å². The standard InChI is InChI=1S/C20H20N4O2/c21-12-17(18-5-1-2-10-23-18)19(25)14-6-8-16(9-7-14)24-11-3-4-15(13-24)20(22)26/h1-2,5-10,15,17H,3-4,11,13H2,(H2,22,26)/t15-,17+/m1/s1. The van der Waals surface area contributed by atoms with Crippen molar-refractivity contribution < 1.29 is 9.59 Å². The third kappa shape index (κ3) is 3.72. The van der Waals surface area contributed by atoms with Gasteiger partial charge in [0.15, 0.2) is 11.7 Å². The van der Waals surface area contributed by atoms with E-state index < -0.39 is 5.92 Å². The fraction of sp³-hybridized carbons (Fsp3) is 0.300. The predicted octanol–water partition coefficient (Wildman–Crippen LogP) is 2.27. The van der Waals surface area contributed by atoms with E-state index in [1.807, 2.05) is 18.2 Å². The number of ketones is 1. The van der Waals surface area contributed by atoms with Crippen LogP contribution in [0.3, 0.4) is 0 Å². The second-order valence-electron chi connectivity index (χ2n) is 6.42. The molecule has 0 saturated carbocycles. The first-order valence-corrected chi connectivity index (χ1v) is 8.59. The Labute approximate surface area is 152 Å². The number of hydrogen-bond acceptors (Lipinski definition) is 5. The van der Waals surface area contributed by atoms with Crippen LogP contribution in [-0.4, -0.2) is 29.8 Å². The molecule has 0 spiro atoms. The summed E-state index contributed by atoms with van der Waals surface area (Å²) in [6.45, 7) is 1.45. The average Bonchev–Trinajstić information content (AvgIpc) is 2.69. The van der Waals surface area contributed by atoms with Crippen molar-refractivity contribution in [3.05, 3.63) is 59.9 Å². The first-order valence-electron chi connectivity index (χ1n) is 8.59. The van der Waals surface area contributed by atoms with Crippen molar-refractivity contribution in [3.8, 4) is 6.07 Å². The van der Waals surface area contributed by atoms with Crippen LogP contribution in [0.15, 0.2) is 48.7 Å². The van der Waals surface area contributed by atoms with Crippen LogP contribution in [0.1, 0.15) is 34.8 Å². The van der Waals surface area contributed by atoms with E-state index in [-0.39, 0.29) is 17.6 Å². The summed E-state index contributed by atoms with van der Waals surface area (Å²) in [6.07, 6.45) is 3.29. The normalized spacial score (nSPS) is 18.0. The molecular formula is C20H20N4O2. The van der Waals surface area contributed by atoms with E-state index >= 15 is 0 Å². The number of amides is 1. The van der Waals surface area contributed by atoms with Crippen molar-refractivity contribution in [1.29, 1.82) is 5.26 Å². The van der Waals surface area contributed by atoms with Gasteiger partial charge in [-0.15, -0.1) is 0 Å². The van der Waals surface area contributed by atoms with Crippen molar-refractivity contribution in [3.63, 3.8) is 0 Å². The summed E-state index contributed by atoms with van der Waals surface area (Å²) >= 11 is 0. The SMILES string of the molecule is N#C[C@H](C(=O)c1ccc(N2CCC[C@@H](C(N)=O)C2)cc1)c1ccccn1. The summed E-state index contributed by atoms with van der Waals surface area (Å²) in [5.41, 5.74) is 7.29. The Bertz CT molecular complexity index is 827. The van der Waals surface area contributed by atoms with Crippen LogP contribution in [0, 0.1) is 17.2 Å². The highest BCUT2D eigenvalue weighted by molar-refractivity contribution is 6.02. The number of aromatic nitrogens is 1. The maximum Gasteiger partial charge on any atom is 0.222 e. The fourth-order valence-electron chi connectivity index (χ4n) is 3.25. The number of Topliss-reactive ketones (excluding diaryl/α,β-unsaturated/α-hetero) is 1. The lowest BCUT2D eigenvalue weighted by Gasteiger charge is -2.33. The molecule has 1 saturated heterocycles. The van der Waals surface area contributed by atoms with E-state index in [1.165, 1.54) is 0 Å². The van der Waals surface area contributed by atoms with Crippen LogP contribution in [0.5, 0.6) is 0 Å². The summed E-state index contributed by atoms with van der Waals surface area (Å²) in [7, 11) is 0. The molecule has 2 atom stereocenters. The number of primary amides is 1. The Hall–Kier alpha value is -3.20. The molecule has 2 heterocycles. The lowest BCUT2D eigenvalue weighted by atomic mass is 9.94. The zero-order valence-electron chi connectivity index (χ0n) is 14.3. The Morgan fingerprint density at radius 2 is 2.00 bits per heavy atom. The van der Waals surface area contributed by atoms with Crippen LogP contribution in [0.4, 0.5) is 5.69 Å². The van der Waals surface area contributed by atoms with E-state index in [2.05, 4.69) is 9.88 Å². The van der Waals surface area contributed by atoms with Gasteiger partial charge < -0.3 is 10.6 Å². The van der Waals surface area contributed by atoms with Crippen molar-refractivity contribution in [2.45, 2.75) is 18.8 Å². The van der Waals surface area contributed by atoms with E-state index in [0.717, 1.165) is 25.1 Å². The molecule has 1 aliphatic heterocycles. The molecule has 1 amide bonds. The quantitative estimate of drug-likeness (QED) is 0.836. The molecular weight excluding hydrogens is 328 g/mol. The minimum absolute atomic E-state index is 0.141. The summed E-state index contributed by atoms with van der Waals surface area (Å²) in [5, 5.41) is 9.39. The zero-order valence-corrected chi connectivity index (χ0v) is 14.3. The summed E-state index contributed by atoms with van der Waals surface area (Å²) < 4.78 is 0. The number of nitriles is 1. The molecule has 0 aliphatic carbocycles. The Kier molecular flexibility index (Phi) is 5.28. The minimum atomic E-state index is -0.920. The van der Waals surface area contributed by atoms with Crippen LogP contribution < -0.4 is 10.6 Å². The number of carbonyl (C=O) groups excluding carboxylic acids is 2.